The number of hydrogen-bond donors (Lipinski definition) is 1. The van der Waals surface area contributed by atoms with Crippen LogP contribution in [-0.2, 0) is 4.79 Å². The number of rotatable bonds is 5. The standard InChI is InChI=1S/C14H26N2O/c1-3-14(9-6-10-15-14)13(17)16(4-2)11-12-7-5-8-12/h12,15H,3-11H2,1-2H3. The minimum absolute atomic E-state index is 0.236. The average molecular weight is 238 g/mol. The van der Waals surface area contributed by atoms with Crippen molar-refractivity contribution in [2.45, 2.75) is 57.9 Å². The summed E-state index contributed by atoms with van der Waals surface area (Å²) < 4.78 is 0. The highest BCUT2D eigenvalue weighted by molar-refractivity contribution is 5.86. The summed E-state index contributed by atoms with van der Waals surface area (Å²) in [7, 11) is 0. The van der Waals surface area contributed by atoms with Crippen LogP contribution in [-0.4, -0.2) is 36.0 Å². The van der Waals surface area contributed by atoms with E-state index in [1.54, 1.807) is 0 Å². The van der Waals surface area contributed by atoms with Gasteiger partial charge in [0.05, 0.1) is 5.54 Å². The van der Waals surface area contributed by atoms with Crippen molar-refractivity contribution in [3.8, 4) is 0 Å². The molecule has 0 aromatic rings. The molecule has 17 heavy (non-hydrogen) atoms. The fraction of sp³-hybridized carbons (Fsp3) is 0.929. The fourth-order valence-electron chi connectivity index (χ4n) is 3.09. The maximum atomic E-state index is 12.7. The Labute approximate surface area is 105 Å². The molecule has 2 rings (SSSR count). The molecule has 1 N–H and O–H groups in total. The summed E-state index contributed by atoms with van der Waals surface area (Å²) in [5.41, 5.74) is -0.236. The molecule has 1 heterocycles. The topological polar surface area (TPSA) is 32.3 Å². The Kier molecular flexibility index (Phi) is 4.08. The van der Waals surface area contributed by atoms with Crippen molar-refractivity contribution in [2.75, 3.05) is 19.6 Å². The molecule has 1 atom stereocenters. The van der Waals surface area contributed by atoms with E-state index in [0.29, 0.717) is 5.91 Å². The van der Waals surface area contributed by atoms with E-state index in [1.165, 1.54) is 19.3 Å². The minimum Gasteiger partial charge on any atom is -0.341 e. The highest BCUT2D eigenvalue weighted by Crippen LogP contribution is 2.30. The van der Waals surface area contributed by atoms with Crippen molar-refractivity contribution in [1.29, 1.82) is 0 Å². The first-order valence-electron chi connectivity index (χ1n) is 7.26. The molecule has 0 aromatic carbocycles. The van der Waals surface area contributed by atoms with Gasteiger partial charge in [-0.1, -0.05) is 13.3 Å². The summed E-state index contributed by atoms with van der Waals surface area (Å²) in [5, 5.41) is 3.45. The van der Waals surface area contributed by atoms with Crippen molar-refractivity contribution < 1.29 is 4.79 Å². The smallest absolute Gasteiger partial charge is 0.242 e. The van der Waals surface area contributed by atoms with E-state index in [-0.39, 0.29) is 5.54 Å². The molecule has 1 aliphatic carbocycles. The van der Waals surface area contributed by atoms with Crippen molar-refractivity contribution in [2.24, 2.45) is 5.92 Å². The highest BCUT2D eigenvalue weighted by Gasteiger charge is 2.41. The van der Waals surface area contributed by atoms with Crippen LogP contribution < -0.4 is 5.32 Å². The second-order valence-electron chi connectivity index (χ2n) is 5.61. The highest BCUT2D eigenvalue weighted by atomic mass is 16.2. The minimum atomic E-state index is -0.236. The van der Waals surface area contributed by atoms with Crippen LogP contribution in [0.1, 0.15) is 52.4 Å². The second-order valence-corrected chi connectivity index (χ2v) is 5.61. The fourth-order valence-corrected chi connectivity index (χ4v) is 3.09. The molecule has 0 aromatic heterocycles. The summed E-state index contributed by atoms with van der Waals surface area (Å²) in [4.78, 5) is 14.8. The van der Waals surface area contributed by atoms with Gasteiger partial charge in [0.1, 0.15) is 0 Å². The van der Waals surface area contributed by atoms with Crippen LogP contribution in [0.3, 0.4) is 0 Å². The normalized spacial score (nSPS) is 29.1. The van der Waals surface area contributed by atoms with Crippen LogP contribution in [0.2, 0.25) is 0 Å². The molecule has 1 amide bonds. The molecule has 1 aliphatic heterocycles. The third-order valence-electron chi connectivity index (χ3n) is 4.63. The molecular formula is C14H26N2O. The van der Waals surface area contributed by atoms with Crippen molar-refractivity contribution in [3.63, 3.8) is 0 Å². The zero-order valence-electron chi connectivity index (χ0n) is 11.3. The number of nitrogens with one attached hydrogen (secondary N) is 1. The SMILES string of the molecule is CCN(CC1CCC1)C(=O)C1(CC)CCCN1. The summed E-state index contributed by atoms with van der Waals surface area (Å²) in [6.45, 7) is 7.08. The van der Waals surface area contributed by atoms with E-state index in [2.05, 4.69) is 24.1 Å². The van der Waals surface area contributed by atoms with E-state index in [1.807, 2.05) is 0 Å². The zero-order valence-corrected chi connectivity index (χ0v) is 11.3. The van der Waals surface area contributed by atoms with E-state index < -0.39 is 0 Å². The molecular weight excluding hydrogens is 212 g/mol. The predicted octanol–water partition coefficient (Wildman–Crippen LogP) is 2.17. The molecule has 2 aliphatic rings. The van der Waals surface area contributed by atoms with Gasteiger partial charge < -0.3 is 10.2 Å². The first-order valence-corrected chi connectivity index (χ1v) is 7.26. The van der Waals surface area contributed by atoms with Gasteiger partial charge in [0, 0.05) is 13.1 Å². The Bertz CT molecular complexity index is 267. The van der Waals surface area contributed by atoms with Crippen molar-refractivity contribution in [3.05, 3.63) is 0 Å². The molecule has 2 fully saturated rings. The number of hydrogen-bond acceptors (Lipinski definition) is 2. The lowest BCUT2D eigenvalue weighted by atomic mass is 9.84. The molecule has 3 nitrogen and oxygen atoms in total. The Morgan fingerprint density at radius 2 is 2.12 bits per heavy atom. The summed E-state index contributed by atoms with van der Waals surface area (Å²) in [5.74, 6) is 1.13. The van der Waals surface area contributed by atoms with E-state index in [4.69, 9.17) is 0 Å². The molecule has 98 valence electrons. The maximum absolute atomic E-state index is 12.7. The number of amides is 1. The molecule has 1 saturated carbocycles. The number of carbonyl (C=O) groups excluding carboxylic acids is 1. The van der Waals surface area contributed by atoms with Crippen LogP contribution in [0.25, 0.3) is 0 Å². The predicted molar refractivity (Wildman–Crippen MR) is 69.9 cm³/mol. The first kappa shape index (κ1) is 12.9. The lowest BCUT2D eigenvalue weighted by Crippen LogP contribution is -2.55. The molecule has 0 spiro atoms. The van der Waals surface area contributed by atoms with Gasteiger partial charge in [-0.25, -0.2) is 0 Å². The second kappa shape index (κ2) is 5.38. The monoisotopic (exact) mass is 238 g/mol. The van der Waals surface area contributed by atoms with Crippen LogP contribution in [0, 0.1) is 5.92 Å². The molecule has 0 radical (unpaired) electrons. The third-order valence-corrected chi connectivity index (χ3v) is 4.63. The van der Waals surface area contributed by atoms with Gasteiger partial charge in [0.2, 0.25) is 5.91 Å². The summed E-state index contributed by atoms with van der Waals surface area (Å²) >= 11 is 0. The lowest BCUT2D eigenvalue weighted by Gasteiger charge is -2.37. The Morgan fingerprint density at radius 3 is 2.53 bits per heavy atom. The van der Waals surface area contributed by atoms with Gasteiger partial charge in [-0.3, -0.25) is 4.79 Å². The molecule has 0 bridgehead atoms. The molecule has 1 saturated heterocycles. The third kappa shape index (κ3) is 2.49. The van der Waals surface area contributed by atoms with Gasteiger partial charge in [0.15, 0.2) is 0 Å². The van der Waals surface area contributed by atoms with E-state index >= 15 is 0 Å². The Morgan fingerprint density at radius 1 is 1.35 bits per heavy atom. The molecule has 3 heteroatoms. The average Bonchev–Trinajstić information content (AvgIpc) is 2.77. The van der Waals surface area contributed by atoms with E-state index in [9.17, 15) is 4.79 Å². The summed E-state index contributed by atoms with van der Waals surface area (Å²) in [6.07, 6.45) is 7.07. The molecule has 1 unspecified atom stereocenters. The van der Waals surface area contributed by atoms with E-state index in [0.717, 1.165) is 44.8 Å². The maximum Gasteiger partial charge on any atom is 0.242 e. The van der Waals surface area contributed by atoms with Gasteiger partial charge in [-0.2, -0.15) is 0 Å². The van der Waals surface area contributed by atoms with Crippen LogP contribution >= 0.6 is 0 Å². The zero-order chi connectivity index (χ0) is 12.3. The summed E-state index contributed by atoms with van der Waals surface area (Å²) in [6, 6.07) is 0. The van der Waals surface area contributed by atoms with Gasteiger partial charge >= 0.3 is 0 Å². The van der Waals surface area contributed by atoms with Crippen LogP contribution in [0.4, 0.5) is 0 Å². The lowest BCUT2D eigenvalue weighted by molar-refractivity contribution is -0.138. The van der Waals surface area contributed by atoms with Crippen LogP contribution in [0.15, 0.2) is 0 Å². The van der Waals surface area contributed by atoms with Gasteiger partial charge in [-0.05, 0) is 51.5 Å². The largest absolute Gasteiger partial charge is 0.341 e. The van der Waals surface area contributed by atoms with Crippen molar-refractivity contribution in [1.82, 2.24) is 10.2 Å². The van der Waals surface area contributed by atoms with Crippen molar-refractivity contribution >= 4 is 5.91 Å². The quantitative estimate of drug-likeness (QED) is 0.796. The van der Waals surface area contributed by atoms with Gasteiger partial charge in [-0.15, -0.1) is 0 Å². The number of carbonyl (C=O) groups is 1. The first-order chi connectivity index (χ1) is 8.22. The van der Waals surface area contributed by atoms with Crippen LogP contribution in [0.5, 0.6) is 0 Å². The Balaban J connectivity index is 1.99. The number of nitrogens with zero attached hydrogens (tertiary/aromatic N) is 1. The van der Waals surface area contributed by atoms with Gasteiger partial charge in [0.25, 0.3) is 0 Å². The Hall–Kier alpha value is -0.570. The number of likely N-dealkylation sites (N-methyl/N-ethyl adjacent to an activating group) is 1.